The Morgan fingerprint density at radius 3 is 2.71 bits per heavy atom. The SMILES string of the molecule is Nc1ncc2c(n1)CCN(Cc1cc(O)c(O)cc1O)C2. The molecule has 0 atom stereocenters. The monoisotopic (exact) mass is 288 g/mol. The Morgan fingerprint density at radius 1 is 1.14 bits per heavy atom. The number of nitrogens with zero attached hydrogens (tertiary/aromatic N) is 3. The molecule has 0 saturated carbocycles. The fraction of sp³-hybridized carbons (Fsp3) is 0.286. The number of nitrogen functional groups attached to an aromatic ring is 1. The lowest BCUT2D eigenvalue weighted by molar-refractivity contribution is 0.239. The molecule has 3 rings (SSSR count). The maximum absolute atomic E-state index is 9.84. The molecule has 2 aromatic rings. The Bertz CT molecular complexity index is 690. The van der Waals surface area contributed by atoms with E-state index in [2.05, 4.69) is 14.9 Å². The van der Waals surface area contributed by atoms with Crippen molar-refractivity contribution in [2.45, 2.75) is 19.5 Å². The predicted molar refractivity (Wildman–Crippen MR) is 75.7 cm³/mol. The number of aromatic nitrogens is 2. The quantitative estimate of drug-likeness (QED) is 0.475. The summed E-state index contributed by atoms with van der Waals surface area (Å²) in [4.78, 5) is 10.3. The second-order valence-corrected chi connectivity index (χ2v) is 5.13. The smallest absolute Gasteiger partial charge is 0.220 e. The summed E-state index contributed by atoms with van der Waals surface area (Å²) in [5, 5.41) is 28.7. The summed E-state index contributed by atoms with van der Waals surface area (Å²) in [6.45, 7) is 1.88. The number of benzene rings is 1. The van der Waals surface area contributed by atoms with Gasteiger partial charge in [0, 0.05) is 49.4 Å². The van der Waals surface area contributed by atoms with Crippen molar-refractivity contribution < 1.29 is 15.3 Å². The molecule has 0 saturated heterocycles. The van der Waals surface area contributed by atoms with E-state index in [0.717, 1.165) is 30.3 Å². The number of anilines is 1. The van der Waals surface area contributed by atoms with Crippen molar-refractivity contribution >= 4 is 5.95 Å². The van der Waals surface area contributed by atoms with Crippen LogP contribution < -0.4 is 5.73 Å². The van der Waals surface area contributed by atoms with Crippen LogP contribution in [0.25, 0.3) is 0 Å². The normalized spacial score (nSPS) is 14.9. The van der Waals surface area contributed by atoms with Crippen LogP contribution >= 0.6 is 0 Å². The van der Waals surface area contributed by atoms with Crippen LogP contribution in [0.5, 0.6) is 17.2 Å². The Hall–Kier alpha value is -2.54. The van der Waals surface area contributed by atoms with Gasteiger partial charge in [-0.2, -0.15) is 0 Å². The van der Waals surface area contributed by atoms with E-state index in [0.29, 0.717) is 18.7 Å². The van der Waals surface area contributed by atoms with Crippen molar-refractivity contribution in [3.8, 4) is 17.2 Å². The molecule has 1 aliphatic rings. The molecule has 0 aliphatic carbocycles. The van der Waals surface area contributed by atoms with Gasteiger partial charge in [-0.3, -0.25) is 4.90 Å². The molecule has 7 nitrogen and oxygen atoms in total. The first-order chi connectivity index (χ1) is 10.0. The van der Waals surface area contributed by atoms with E-state index in [1.807, 2.05) is 0 Å². The Labute approximate surface area is 121 Å². The van der Waals surface area contributed by atoms with Gasteiger partial charge < -0.3 is 21.1 Å². The molecule has 0 spiro atoms. The van der Waals surface area contributed by atoms with Crippen molar-refractivity contribution in [1.82, 2.24) is 14.9 Å². The zero-order valence-corrected chi connectivity index (χ0v) is 11.3. The van der Waals surface area contributed by atoms with Crippen LogP contribution in [0.2, 0.25) is 0 Å². The van der Waals surface area contributed by atoms with Gasteiger partial charge >= 0.3 is 0 Å². The molecular weight excluding hydrogens is 272 g/mol. The zero-order valence-electron chi connectivity index (χ0n) is 11.3. The first kappa shape index (κ1) is 13.4. The molecule has 1 aromatic carbocycles. The van der Waals surface area contributed by atoms with Crippen LogP contribution in [0.3, 0.4) is 0 Å². The van der Waals surface area contributed by atoms with Gasteiger partial charge in [-0.05, 0) is 6.07 Å². The van der Waals surface area contributed by atoms with Crippen LogP contribution in [0, 0.1) is 0 Å². The summed E-state index contributed by atoms with van der Waals surface area (Å²) in [6, 6.07) is 2.52. The van der Waals surface area contributed by atoms with Gasteiger partial charge in [0.05, 0.1) is 5.69 Å². The van der Waals surface area contributed by atoms with E-state index in [4.69, 9.17) is 5.73 Å². The van der Waals surface area contributed by atoms with Gasteiger partial charge in [0.15, 0.2) is 11.5 Å². The van der Waals surface area contributed by atoms with E-state index in [9.17, 15) is 15.3 Å². The molecule has 0 unspecified atom stereocenters. The van der Waals surface area contributed by atoms with E-state index >= 15 is 0 Å². The lowest BCUT2D eigenvalue weighted by atomic mass is 10.1. The Kier molecular flexibility index (Phi) is 3.26. The molecule has 0 amide bonds. The number of aromatic hydroxyl groups is 3. The zero-order chi connectivity index (χ0) is 15.0. The second kappa shape index (κ2) is 5.10. The van der Waals surface area contributed by atoms with Crippen molar-refractivity contribution in [2.24, 2.45) is 0 Å². The van der Waals surface area contributed by atoms with Gasteiger partial charge in [-0.25, -0.2) is 9.97 Å². The number of fused-ring (bicyclic) bond motifs is 1. The summed E-state index contributed by atoms with van der Waals surface area (Å²) in [5.41, 5.74) is 8.10. The highest BCUT2D eigenvalue weighted by atomic mass is 16.3. The lowest BCUT2D eigenvalue weighted by Gasteiger charge is -2.28. The van der Waals surface area contributed by atoms with Gasteiger partial charge in [-0.15, -0.1) is 0 Å². The number of hydrogen-bond donors (Lipinski definition) is 4. The van der Waals surface area contributed by atoms with E-state index in [1.54, 1.807) is 6.20 Å². The van der Waals surface area contributed by atoms with Crippen LogP contribution in [-0.2, 0) is 19.5 Å². The highest BCUT2D eigenvalue weighted by Crippen LogP contribution is 2.33. The molecule has 7 heteroatoms. The highest BCUT2D eigenvalue weighted by Gasteiger charge is 2.19. The molecule has 0 bridgehead atoms. The van der Waals surface area contributed by atoms with E-state index < -0.39 is 0 Å². The minimum atomic E-state index is -0.330. The number of nitrogens with two attached hydrogens (primary N) is 1. The summed E-state index contributed by atoms with van der Waals surface area (Å²) >= 11 is 0. The minimum absolute atomic E-state index is 0.0374. The largest absolute Gasteiger partial charge is 0.507 e. The van der Waals surface area contributed by atoms with Gasteiger partial charge in [0.25, 0.3) is 0 Å². The van der Waals surface area contributed by atoms with Crippen LogP contribution in [0.1, 0.15) is 16.8 Å². The standard InChI is InChI=1S/C14H16N4O3/c15-14-16-5-9-7-18(2-1-10(9)17-14)6-8-3-12(20)13(21)4-11(8)19/h3-5,19-21H,1-2,6-7H2,(H2,15,16,17). The summed E-state index contributed by atoms with van der Waals surface area (Å²) in [5.74, 6) is -0.326. The van der Waals surface area contributed by atoms with Crippen LogP contribution in [0.4, 0.5) is 5.95 Å². The number of rotatable bonds is 2. The summed E-state index contributed by atoms with van der Waals surface area (Å²) < 4.78 is 0. The second-order valence-electron chi connectivity index (χ2n) is 5.13. The topological polar surface area (TPSA) is 116 Å². The van der Waals surface area contributed by atoms with Crippen LogP contribution in [0.15, 0.2) is 18.3 Å². The minimum Gasteiger partial charge on any atom is -0.507 e. The maximum Gasteiger partial charge on any atom is 0.220 e. The Balaban J connectivity index is 1.78. The van der Waals surface area contributed by atoms with Gasteiger partial charge in [0.2, 0.25) is 5.95 Å². The van der Waals surface area contributed by atoms with Crippen molar-refractivity contribution in [3.63, 3.8) is 0 Å². The number of phenolic OH excluding ortho intramolecular Hbond substituents is 3. The molecule has 0 radical (unpaired) electrons. The molecule has 5 N–H and O–H groups in total. The third kappa shape index (κ3) is 2.68. The summed E-state index contributed by atoms with van der Waals surface area (Å²) in [7, 11) is 0. The third-order valence-electron chi connectivity index (χ3n) is 3.60. The van der Waals surface area contributed by atoms with Gasteiger partial charge in [0.1, 0.15) is 5.75 Å². The van der Waals surface area contributed by atoms with Gasteiger partial charge in [-0.1, -0.05) is 0 Å². The third-order valence-corrected chi connectivity index (χ3v) is 3.60. The van der Waals surface area contributed by atoms with E-state index in [-0.39, 0.29) is 23.2 Å². The highest BCUT2D eigenvalue weighted by molar-refractivity contribution is 5.48. The average molecular weight is 288 g/mol. The molecule has 1 aromatic heterocycles. The molecular formula is C14H16N4O3. The molecule has 110 valence electrons. The first-order valence-electron chi connectivity index (χ1n) is 6.59. The summed E-state index contributed by atoms with van der Waals surface area (Å²) in [6.07, 6.45) is 2.48. The predicted octanol–water partition coefficient (Wildman–Crippen LogP) is 0.734. The van der Waals surface area contributed by atoms with E-state index in [1.165, 1.54) is 6.07 Å². The fourth-order valence-electron chi connectivity index (χ4n) is 2.50. The lowest BCUT2D eigenvalue weighted by Crippen LogP contribution is -2.31. The average Bonchev–Trinajstić information content (AvgIpc) is 2.45. The Morgan fingerprint density at radius 2 is 1.90 bits per heavy atom. The number of hydrogen-bond acceptors (Lipinski definition) is 7. The van der Waals surface area contributed by atoms with Crippen molar-refractivity contribution in [2.75, 3.05) is 12.3 Å². The van der Waals surface area contributed by atoms with Crippen LogP contribution in [-0.4, -0.2) is 36.7 Å². The fourth-order valence-corrected chi connectivity index (χ4v) is 2.50. The van der Waals surface area contributed by atoms with Crippen molar-refractivity contribution in [1.29, 1.82) is 0 Å². The molecule has 21 heavy (non-hydrogen) atoms. The molecule has 1 aliphatic heterocycles. The first-order valence-corrected chi connectivity index (χ1v) is 6.59. The molecule has 0 fully saturated rings. The number of phenols is 3. The molecule has 2 heterocycles. The van der Waals surface area contributed by atoms with Crippen molar-refractivity contribution in [3.05, 3.63) is 35.2 Å². The maximum atomic E-state index is 9.84.